The monoisotopic (exact) mass is 347 g/mol. The number of anilines is 1. The van der Waals surface area contributed by atoms with Crippen LogP contribution in [0.5, 0.6) is 5.75 Å². The number of carbonyl (C=O) groups is 2. The highest BCUT2D eigenvalue weighted by Crippen LogP contribution is 2.25. The molecule has 0 spiro atoms. The van der Waals surface area contributed by atoms with Crippen molar-refractivity contribution in [3.63, 3.8) is 0 Å². The number of rotatable bonds is 3. The van der Waals surface area contributed by atoms with E-state index >= 15 is 0 Å². The Kier molecular flexibility index (Phi) is 4.75. The van der Waals surface area contributed by atoms with Crippen molar-refractivity contribution in [2.24, 2.45) is 0 Å². The molecule has 0 aliphatic rings. The van der Waals surface area contributed by atoms with Gasteiger partial charge in [0.25, 0.3) is 0 Å². The number of nitrogens with one attached hydrogen (secondary N) is 1. The zero-order valence-electron chi connectivity index (χ0n) is 11.6. The molecule has 4 nitrogen and oxygen atoms in total. The molecule has 0 heterocycles. The van der Waals surface area contributed by atoms with Crippen LogP contribution in [0.2, 0.25) is 0 Å². The maximum Gasteiger partial charge on any atom is 0.343 e. The summed E-state index contributed by atoms with van der Waals surface area (Å²) in [4.78, 5) is 23.3. The van der Waals surface area contributed by atoms with Crippen molar-refractivity contribution in [1.29, 1.82) is 0 Å². The Morgan fingerprint density at radius 1 is 1.14 bits per heavy atom. The lowest BCUT2D eigenvalue weighted by Crippen LogP contribution is -2.12. The average molecular weight is 348 g/mol. The van der Waals surface area contributed by atoms with Gasteiger partial charge in [-0.15, -0.1) is 0 Å². The Labute approximate surface area is 131 Å². The van der Waals surface area contributed by atoms with Gasteiger partial charge in [0.2, 0.25) is 5.91 Å². The van der Waals surface area contributed by atoms with Crippen LogP contribution in [0.25, 0.3) is 0 Å². The highest BCUT2D eigenvalue weighted by molar-refractivity contribution is 9.10. The summed E-state index contributed by atoms with van der Waals surface area (Å²) in [6, 6.07) is 12.0. The van der Waals surface area contributed by atoms with Gasteiger partial charge < -0.3 is 10.1 Å². The fraction of sp³-hybridized carbons (Fsp3) is 0.125. The van der Waals surface area contributed by atoms with Gasteiger partial charge in [0.05, 0.1) is 11.3 Å². The summed E-state index contributed by atoms with van der Waals surface area (Å²) in [6.07, 6.45) is 0. The molecule has 5 heteroatoms. The Balaban J connectivity index is 2.23. The van der Waals surface area contributed by atoms with Crippen LogP contribution in [-0.2, 0) is 4.79 Å². The molecule has 0 fully saturated rings. The van der Waals surface area contributed by atoms with Crippen LogP contribution in [0.4, 0.5) is 5.69 Å². The molecule has 2 aromatic rings. The van der Waals surface area contributed by atoms with Crippen molar-refractivity contribution in [1.82, 2.24) is 0 Å². The summed E-state index contributed by atoms with van der Waals surface area (Å²) < 4.78 is 6.19. The van der Waals surface area contributed by atoms with Gasteiger partial charge in [-0.25, -0.2) is 4.79 Å². The zero-order chi connectivity index (χ0) is 15.4. The summed E-state index contributed by atoms with van der Waals surface area (Å²) >= 11 is 3.38. The van der Waals surface area contributed by atoms with Crippen LogP contribution < -0.4 is 10.1 Å². The predicted octanol–water partition coefficient (Wildman–Crippen LogP) is 3.94. The first-order valence-electron chi connectivity index (χ1n) is 6.32. The maximum absolute atomic E-state index is 12.2. The smallest absolute Gasteiger partial charge is 0.343 e. The summed E-state index contributed by atoms with van der Waals surface area (Å²) in [5.74, 6) is -0.389. The Hall–Kier alpha value is -2.14. The molecule has 0 bridgehead atoms. The lowest BCUT2D eigenvalue weighted by atomic mass is 10.1. The van der Waals surface area contributed by atoms with Crippen molar-refractivity contribution in [2.75, 3.05) is 5.32 Å². The second-order valence-corrected chi connectivity index (χ2v) is 5.39. The Morgan fingerprint density at radius 3 is 2.52 bits per heavy atom. The highest BCUT2D eigenvalue weighted by atomic mass is 79.9. The lowest BCUT2D eigenvalue weighted by molar-refractivity contribution is -0.114. The van der Waals surface area contributed by atoms with Crippen molar-refractivity contribution >= 4 is 33.5 Å². The van der Waals surface area contributed by atoms with E-state index in [1.807, 2.05) is 13.0 Å². The molecule has 0 radical (unpaired) electrons. The number of benzene rings is 2. The van der Waals surface area contributed by atoms with Crippen LogP contribution in [0, 0.1) is 6.92 Å². The molecule has 2 rings (SSSR count). The van der Waals surface area contributed by atoms with E-state index in [2.05, 4.69) is 21.2 Å². The van der Waals surface area contributed by atoms with E-state index in [1.165, 1.54) is 6.92 Å². The molecule has 1 amide bonds. The number of halogens is 1. The molecule has 108 valence electrons. The number of ether oxygens (including phenoxy) is 1. The van der Waals surface area contributed by atoms with Gasteiger partial charge in [-0.2, -0.15) is 0 Å². The minimum absolute atomic E-state index is 0.225. The van der Waals surface area contributed by atoms with E-state index in [0.717, 1.165) is 10.0 Å². The fourth-order valence-electron chi connectivity index (χ4n) is 1.73. The molecular weight excluding hydrogens is 334 g/mol. The van der Waals surface area contributed by atoms with Crippen molar-refractivity contribution in [2.45, 2.75) is 13.8 Å². The molecule has 0 aromatic heterocycles. The van der Waals surface area contributed by atoms with Crippen molar-refractivity contribution in [3.8, 4) is 5.75 Å². The first kappa shape index (κ1) is 15.3. The standard InChI is InChI=1S/C16H14BrNO3/c1-10-7-8-12(9-13(10)17)16(20)21-15-6-4-3-5-14(15)18-11(2)19/h3-9H,1-2H3,(H,18,19). The Morgan fingerprint density at radius 2 is 1.86 bits per heavy atom. The van der Waals surface area contributed by atoms with Gasteiger partial charge in [-0.05, 0) is 36.8 Å². The van der Waals surface area contributed by atoms with E-state index in [1.54, 1.807) is 36.4 Å². The van der Waals surface area contributed by atoms with Crippen LogP contribution in [0.15, 0.2) is 46.9 Å². The largest absolute Gasteiger partial charge is 0.421 e. The van der Waals surface area contributed by atoms with E-state index in [9.17, 15) is 9.59 Å². The SMILES string of the molecule is CC(=O)Nc1ccccc1OC(=O)c1ccc(C)c(Br)c1. The van der Waals surface area contributed by atoms with Gasteiger partial charge >= 0.3 is 5.97 Å². The van der Waals surface area contributed by atoms with Gasteiger partial charge in [-0.3, -0.25) is 4.79 Å². The molecule has 1 N–H and O–H groups in total. The molecule has 0 atom stereocenters. The van der Waals surface area contributed by atoms with Crippen molar-refractivity contribution < 1.29 is 14.3 Å². The molecule has 0 aliphatic heterocycles. The molecular formula is C16H14BrNO3. The molecule has 21 heavy (non-hydrogen) atoms. The molecule has 0 unspecified atom stereocenters. The zero-order valence-corrected chi connectivity index (χ0v) is 13.2. The average Bonchev–Trinajstić information content (AvgIpc) is 2.43. The number of carbonyl (C=O) groups excluding carboxylic acids is 2. The minimum atomic E-state index is -0.478. The molecule has 0 saturated heterocycles. The van der Waals surface area contributed by atoms with Gasteiger partial charge in [0, 0.05) is 11.4 Å². The van der Waals surface area contributed by atoms with Crippen LogP contribution in [0.3, 0.4) is 0 Å². The van der Waals surface area contributed by atoms with E-state index in [0.29, 0.717) is 17.0 Å². The summed E-state index contributed by atoms with van der Waals surface area (Å²) in [7, 11) is 0. The van der Waals surface area contributed by atoms with Gasteiger partial charge in [0.1, 0.15) is 0 Å². The third kappa shape index (κ3) is 3.92. The second kappa shape index (κ2) is 6.54. The lowest BCUT2D eigenvalue weighted by Gasteiger charge is -2.10. The third-order valence-corrected chi connectivity index (χ3v) is 3.66. The van der Waals surface area contributed by atoms with E-state index in [4.69, 9.17) is 4.74 Å². The van der Waals surface area contributed by atoms with Gasteiger partial charge in [0.15, 0.2) is 5.75 Å². The quantitative estimate of drug-likeness (QED) is 0.675. The number of aryl methyl sites for hydroxylation is 1. The Bertz CT molecular complexity index is 698. The molecule has 2 aromatic carbocycles. The van der Waals surface area contributed by atoms with Crippen LogP contribution >= 0.6 is 15.9 Å². The normalized spacial score (nSPS) is 10.0. The van der Waals surface area contributed by atoms with Crippen molar-refractivity contribution in [3.05, 3.63) is 58.1 Å². The third-order valence-electron chi connectivity index (χ3n) is 2.81. The molecule has 0 saturated carbocycles. The van der Waals surface area contributed by atoms with Crippen LogP contribution in [0.1, 0.15) is 22.8 Å². The van der Waals surface area contributed by atoms with E-state index in [-0.39, 0.29) is 5.91 Å². The fourth-order valence-corrected chi connectivity index (χ4v) is 2.11. The number of amides is 1. The number of hydrogen-bond donors (Lipinski definition) is 1. The van der Waals surface area contributed by atoms with Crippen LogP contribution in [-0.4, -0.2) is 11.9 Å². The second-order valence-electron chi connectivity index (χ2n) is 4.53. The predicted molar refractivity (Wildman–Crippen MR) is 84.6 cm³/mol. The number of para-hydroxylation sites is 2. The number of hydrogen-bond acceptors (Lipinski definition) is 3. The van der Waals surface area contributed by atoms with Gasteiger partial charge in [-0.1, -0.05) is 34.1 Å². The number of esters is 1. The summed E-state index contributed by atoms with van der Waals surface area (Å²) in [5.41, 5.74) is 1.93. The topological polar surface area (TPSA) is 55.4 Å². The maximum atomic E-state index is 12.2. The van der Waals surface area contributed by atoms with E-state index < -0.39 is 5.97 Å². The highest BCUT2D eigenvalue weighted by Gasteiger charge is 2.13. The first-order chi connectivity index (χ1) is 9.97. The summed E-state index contributed by atoms with van der Waals surface area (Å²) in [6.45, 7) is 3.33. The minimum Gasteiger partial charge on any atom is -0.421 e. The summed E-state index contributed by atoms with van der Waals surface area (Å²) in [5, 5.41) is 2.63. The first-order valence-corrected chi connectivity index (χ1v) is 7.11. The molecule has 0 aliphatic carbocycles.